The number of hydrogen-bond acceptors (Lipinski definition) is 2. The molecule has 1 aromatic carbocycles. The average Bonchev–Trinajstić information content (AvgIpc) is 2.31. The number of nitrogens with one attached hydrogen (secondary N) is 1. The maximum absolute atomic E-state index is 12.0. The summed E-state index contributed by atoms with van der Waals surface area (Å²) >= 11 is 5.75. The second-order valence-corrected chi connectivity index (χ2v) is 4.34. The van der Waals surface area contributed by atoms with Crippen LogP contribution >= 0.6 is 11.6 Å². The molecule has 1 atom stereocenters. The maximum Gasteiger partial charge on any atom is 0.251 e. The molecule has 0 radical (unpaired) electrons. The number of halogens is 1. The van der Waals surface area contributed by atoms with E-state index in [9.17, 15) is 4.79 Å². The van der Waals surface area contributed by atoms with E-state index in [1.54, 1.807) is 7.11 Å². The second kappa shape index (κ2) is 6.62. The molecule has 1 amide bonds. The lowest BCUT2D eigenvalue weighted by Gasteiger charge is -2.16. The van der Waals surface area contributed by atoms with Gasteiger partial charge in [0.25, 0.3) is 5.91 Å². The van der Waals surface area contributed by atoms with E-state index < -0.39 is 0 Å². The first-order valence-corrected chi connectivity index (χ1v) is 6.05. The van der Waals surface area contributed by atoms with Crippen LogP contribution in [0.15, 0.2) is 18.2 Å². The van der Waals surface area contributed by atoms with Gasteiger partial charge in [-0.2, -0.15) is 0 Å². The standard InChI is InChI=1S/C13H18ClNO2/c1-9-5-4-6-12(10(9)2)13(16)15-11(7-14)8-17-3/h4-6,11H,7-8H2,1-3H3,(H,15,16). The lowest BCUT2D eigenvalue weighted by Crippen LogP contribution is -2.39. The van der Waals surface area contributed by atoms with Crippen molar-refractivity contribution >= 4 is 17.5 Å². The molecule has 0 aliphatic rings. The van der Waals surface area contributed by atoms with Crippen LogP contribution in [0.2, 0.25) is 0 Å². The number of carbonyl (C=O) groups excluding carboxylic acids is 1. The minimum absolute atomic E-state index is 0.103. The molecule has 0 fully saturated rings. The first-order valence-electron chi connectivity index (χ1n) is 5.52. The molecule has 0 saturated carbocycles. The maximum atomic E-state index is 12.0. The Bertz CT molecular complexity index is 393. The highest BCUT2D eigenvalue weighted by Crippen LogP contribution is 2.12. The molecule has 1 rings (SSSR count). The minimum atomic E-state index is -0.158. The average molecular weight is 256 g/mol. The summed E-state index contributed by atoms with van der Waals surface area (Å²) < 4.78 is 4.99. The summed E-state index contributed by atoms with van der Waals surface area (Å²) in [6, 6.07) is 5.52. The number of hydrogen-bond donors (Lipinski definition) is 1. The summed E-state index contributed by atoms with van der Waals surface area (Å²) in [6.45, 7) is 4.34. The Morgan fingerprint density at radius 1 is 1.47 bits per heavy atom. The third-order valence-electron chi connectivity index (χ3n) is 2.74. The number of aryl methyl sites for hydroxylation is 1. The molecular formula is C13H18ClNO2. The molecule has 0 aliphatic carbocycles. The predicted molar refractivity (Wildman–Crippen MR) is 69.8 cm³/mol. The van der Waals surface area contributed by atoms with Gasteiger partial charge in [-0.05, 0) is 31.0 Å². The van der Waals surface area contributed by atoms with Gasteiger partial charge in [0.1, 0.15) is 0 Å². The van der Waals surface area contributed by atoms with Crippen LogP contribution in [-0.2, 0) is 4.74 Å². The highest BCUT2D eigenvalue weighted by molar-refractivity contribution is 6.18. The Hall–Kier alpha value is -1.06. The minimum Gasteiger partial charge on any atom is -0.383 e. The van der Waals surface area contributed by atoms with Crippen molar-refractivity contribution in [3.63, 3.8) is 0 Å². The molecule has 94 valence electrons. The van der Waals surface area contributed by atoms with Crippen LogP contribution in [0.25, 0.3) is 0 Å². The third-order valence-corrected chi connectivity index (χ3v) is 3.11. The molecule has 0 heterocycles. The lowest BCUT2D eigenvalue weighted by molar-refractivity contribution is 0.0906. The largest absolute Gasteiger partial charge is 0.383 e. The van der Waals surface area contributed by atoms with Gasteiger partial charge in [0.05, 0.1) is 12.6 Å². The zero-order valence-electron chi connectivity index (χ0n) is 10.4. The van der Waals surface area contributed by atoms with Gasteiger partial charge in [0.15, 0.2) is 0 Å². The third kappa shape index (κ3) is 3.72. The molecule has 4 heteroatoms. The van der Waals surface area contributed by atoms with E-state index in [2.05, 4.69) is 5.32 Å². The van der Waals surface area contributed by atoms with Gasteiger partial charge in [-0.15, -0.1) is 11.6 Å². The first-order chi connectivity index (χ1) is 8.10. The second-order valence-electron chi connectivity index (χ2n) is 4.03. The van der Waals surface area contributed by atoms with Gasteiger partial charge < -0.3 is 10.1 Å². The molecule has 0 aromatic heterocycles. The number of carbonyl (C=O) groups is 1. The number of ether oxygens (including phenoxy) is 1. The molecule has 0 bridgehead atoms. The van der Waals surface area contributed by atoms with Crippen LogP contribution in [0.3, 0.4) is 0 Å². The van der Waals surface area contributed by atoms with Crippen molar-refractivity contribution in [1.29, 1.82) is 0 Å². The number of alkyl halides is 1. The molecule has 0 aliphatic heterocycles. The van der Waals surface area contributed by atoms with E-state index >= 15 is 0 Å². The summed E-state index contributed by atoms with van der Waals surface area (Å²) in [5.41, 5.74) is 2.79. The zero-order chi connectivity index (χ0) is 12.8. The van der Waals surface area contributed by atoms with Crippen LogP contribution in [0, 0.1) is 13.8 Å². The smallest absolute Gasteiger partial charge is 0.251 e. The van der Waals surface area contributed by atoms with Crippen LogP contribution in [-0.4, -0.2) is 31.5 Å². The Balaban J connectivity index is 2.79. The first kappa shape index (κ1) is 14.0. The normalized spacial score (nSPS) is 12.2. The van der Waals surface area contributed by atoms with E-state index in [0.717, 1.165) is 11.1 Å². The zero-order valence-corrected chi connectivity index (χ0v) is 11.2. The Morgan fingerprint density at radius 3 is 2.76 bits per heavy atom. The quantitative estimate of drug-likeness (QED) is 0.820. The van der Waals surface area contributed by atoms with Gasteiger partial charge in [-0.25, -0.2) is 0 Å². The van der Waals surface area contributed by atoms with E-state index in [0.29, 0.717) is 18.1 Å². The fourth-order valence-electron chi connectivity index (χ4n) is 1.59. The Kier molecular flexibility index (Phi) is 5.45. The van der Waals surface area contributed by atoms with Gasteiger partial charge in [0.2, 0.25) is 0 Å². The molecule has 3 nitrogen and oxygen atoms in total. The number of methoxy groups -OCH3 is 1. The van der Waals surface area contributed by atoms with Crippen LogP contribution < -0.4 is 5.32 Å². The number of benzene rings is 1. The van der Waals surface area contributed by atoms with Crippen LogP contribution in [0.1, 0.15) is 21.5 Å². The lowest BCUT2D eigenvalue weighted by atomic mass is 10.0. The molecule has 1 N–H and O–H groups in total. The summed E-state index contributed by atoms with van der Waals surface area (Å²) in [6.07, 6.45) is 0. The topological polar surface area (TPSA) is 38.3 Å². The highest BCUT2D eigenvalue weighted by Gasteiger charge is 2.14. The SMILES string of the molecule is COCC(CCl)NC(=O)c1cccc(C)c1C. The van der Waals surface area contributed by atoms with E-state index in [1.165, 1.54) is 0 Å². The Morgan fingerprint density at radius 2 is 2.18 bits per heavy atom. The van der Waals surface area contributed by atoms with Crippen molar-refractivity contribution < 1.29 is 9.53 Å². The molecule has 17 heavy (non-hydrogen) atoms. The van der Waals surface area contributed by atoms with E-state index in [4.69, 9.17) is 16.3 Å². The Labute approximate surface area is 107 Å². The molecule has 0 saturated heterocycles. The number of amides is 1. The van der Waals surface area contributed by atoms with Crippen molar-refractivity contribution in [1.82, 2.24) is 5.32 Å². The molecule has 1 unspecified atom stereocenters. The van der Waals surface area contributed by atoms with Crippen molar-refractivity contribution in [3.05, 3.63) is 34.9 Å². The predicted octanol–water partition coefficient (Wildman–Crippen LogP) is 2.29. The van der Waals surface area contributed by atoms with Gasteiger partial charge >= 0.3 is 0 Å². The summed E-state index contributed by atoms with van der Waals surface area (Å²) in [4.78, 5) is 12.0. The van der Waals surface area contributed by atoms with Crippen molar-refractivity contribution in [2.75, 3.05) is 19.6 Å². The monoisotopic (exact) mass is 255 g/mol. The van der Waals surface area contributed by atoms with E-state index in [1.807, 2.05) is 32.0 Å². The molecule has 0 spiro atoms. The summed E-state index contributed by atoms with van der Waals surface area (Å²) in [5.74, 6) is 0.235. The van der Waals surface area contributed by atoms with Crippen molar-refractivity contribution in [2.24, 2.45) is 0 Å². The summed E-state index contributed by atoms with van der Waals surface area (Å²) in [7, 11) is 1.59. The van der Waals surface area contributed by atoms with Gasteiger partial charge in [-0.3, -0.25) is 4.79 Å². The number of rotatable bonds is 5. The fraction of sp³-hybridized carbons (Fsp3) is 0.462. The van der Waals surface area contributed by atoms with Crippen LogP contribution in [0.5, 0.6) is 0 Å². The van der Waals surface area contributed by atoms with Gasteiger partial charge in [0, 0.05) is 18.6 Å². The van der Waals surface area contributed by atoms with Crippen molar-refractivity contribution in [3.8, 4) is 0 Å². The molecular weight excluding hydrogens is 238 g/mol. The summed E-state index contributed by atoms with van der Waals surface area (Å²) in [5, 5.41) is 2.86. The fourth-order valence-corrected chi connectivity index (χ4v) is 1.75. The van der Waals surface area contributed by atoms with Crippen molar-refractivity contribution in [2.45, 2.75) is 19.9 Å². The van der Waals surface area contributed by atoms with E-state index in [-0.39, 0.29) is 11.9 Å². The van der Waals surface area contributed by atoms with Gasteiger partial charge in [-0.1, -0.05) is 12.1 Å². The highest BCUT2D eigenvalue weighted by atomic mass is 35.5. The molecule has 1 aromatic rings. The van der Waals surface area contributed by atoms with Crippen LogP contribution in [0.4, 0.5) is 0 Å².